The van der Waals surface area contributed by atoms with Gasteiger partial charge in [0, 0.05) is 17.5 Å². The van der Waals surface area contributed by atoms with E-state index < -0.39 is 11.7 Å². The molecular weight excluding hydrogens is 269 g/mol. The highest BCUT2D eigenvalue weighted by Gasteiger charge is 2.33. The molecule has 1 aromatic heterocycles. The lowest BCUT2D eigenvalue weighted by Crippen LogP contribution is -2.13. The molecule has 0 aliphatic rings. The van der Waals surface area contributed by atoms with E-state index in [9.17, 15) is 13.2 Å². The van der Waals surface area contributed by atoms with Crippen molar-refractivity contribution in [3.8, 4) is 5.75 Å². The third kappa shape index (κ3) is 2.95. The Morgan fingerprint density at radius 1 is 1.20 bits per heavy atom. The van der Waals surface area contributed by atoms with Gasteiger partial charge in [-0.25, -0.2) is 4.98 Å². The van der Waals surface area contributed by atoms with Crippen molar-refractivity contribution in [3.63, 3.8) is 0 Å². The molecular formula is C14H15F3N2O. The zero-order valence-electron chi connectivity index (χ0n) is 11.4. The highest BCUT2D eigenvalue weighted by molar-refractivity contribution is 5.85. The lowest BCUT2D eigenvalue weighted by molar-refractivity contribution is -0.136. The molecule has 1 aromatic carbocycles. The Hall–Kier alpha value is -1.98. The number of pyridine rings is 1. The molecule has 0 unspecified atom stereocenters. The summed E-state index contributed by atoms with van der Waals surface area (Å²) in [5.74, 6) is 0.674. The fourth-order valence-corrected chi connectivity index (χ4v) is 1.94. The van der Waals surface area contributed by atoms with Crippen LogP contribution in [0.15, 0.2) is 24.3 Å². The van der Waals surface area contributed by atoms with Crippen LogP contribution in [0.1, 0.15) is 19.4 Å². The molecule has 0 radical (unpaired) electrons. The summed E-state index contributed by atoms with van der Waals surface area (Å²) in [4.78, 5) is 4.21. The molecule has 0 fully saturated rings. The van der Waals surface area contributed by atoms with E-state index in [1.54, 1.807) is 0 Å². The summed E-state index contributed by atoms with van der Waals surface area (Å²) >= 11 is 0. The number of methoxy groups -OCH3 is 1. The molecule has 3 nitrogen and oxygen atoms in total. The second-order valence-corrected chi connectivity index (χ2v) is 4.73. The van der Waals surface area contributed by atoms with Gasteiger partial charge in [-0.15, -0.1) is 0 Å². The average molecular weight is 284 g/mol. The number of ether oxygens (including phenoxy) is 1. The second-order valence-electron chi connectivity index (χ2n) is 4.73. The molecule has 0 saturated carbocycles. The first-order valence-corrected chi connectivity index (χ1v) is 6.14. The van der Waals surface area contributed by atoms with Crippen molar-refractivity contribution >= 4 is 16.7 Å². The molecule has 2 aromatic rings. The van der Waals surface area contributed by atoms with Gasteiger partial charge in [0.15, 0.2) is 0 Å². The van der Waals surface area contributed by atoms with Gasteiger partial charge in [-0.3, -0.25) is 0 Å². The number of halogens is 3. The highest BCUT2D eigenvalue weighted by atomic mass is 19.4. The maximum atomic E-state index is 13.1. The van der Waals surface area contributed by atoms with Gasteiger partial charge in [-0.1, -0.05) is 0 Å². The van der Waals surface area contributed by atoms with Crippen molar-refractivity contribution in [2.75, 3.05) is 12.4 Å². The Balaban J connectivity index is 2.67. The molecule has 108 valence electrons. The molecule has 0 spiro atoms. The molecule has 0 bridgehead atoms. The Morgan fingerprint density at radius 3 is 2.45 bits per heavy atom. The second kappa shape index (κ2) is 5.19. The fourth-order valence-electron chi connectivity index (χ4n) is 1.94. The van der Waals surface area contributed by atoms with Gasteiger partial charge in [-0.2, -0.15) is 13.2 Å². The Labute approximate surface area is 114 Å². The summed E-state index contributed by atoms with van der Waals surface area (Å²) < 4.78 is 44.4. The van der Waals surface area contributed by atoms with Crippen molar-refractivity contribution < 1.29 is 17.9 Å². The van der Waals surface area contributed by atoms with Crippen LogP contribution < -0.4 is 10.1 Å². The summed E-state index contributed by atoms with van der Waals surface area (Å²) in [6.07, 6.45) is -4.43. The molecule has 0 saturated heterocycles. The summed E-state index contributed by atoms with van der Waals surface area (Å²) in [5.41, 5.74) is -0.448. The van der Waals surface area contributed by atoms with Crippen molar-refractivity contribution in [2.24, 2.45) is 0 Å². The zero-order chi connectivity index (χ0) is 14.9. The predicted molar refractivity (Wildman–Crippen MR) is 72.1 cm³/mol. The lowest BCUT2D eigenvalue weighted by Gasteiger charge is -2.15. The minimum atomic E-state index is -4.43. The third-order valence-corrected chi connectivity index (χ3v) is 2.76. The minimum absolute atomic E-state index is 0.00774. The quantitative estimate of drug-likeness (QED) is 0.922. The topological polar surface area (TPSA) is 34.1 Å². The van der Waals surface area contributed by atoms with E-state index in [2.05, 4.69) is 10.3 Å². The van der Waals surface area contributed by atoms with Crippen molar-refractivity contribution in [1.82, 2.24) is 4.98 Å². The number of anilines is 1. The van der Waals surface area contributed by atoms with Crippen LogP contribution in [0.5, 0.6) is 5.75 Å². The van der Waals surface area contributed by atoms with Gasteiger partial charge < -0.3 is 10.1 Å². The van der Waals surface area contributed by atoms with E-state index in [0.29, 0.717) is 5.75 Å². The normalized spacial score (nSPS) is 11.9. The van der Waals surface area contributed by atoms with Gasteiger partial charge in [0.2, 0.25) is 0 Å². The van der Waals surface area contributed by atoms with Crippen molar-refractivity contribution in [1.29, 1.82) is 0 Å². The van der Waals surface area contributed by atoms with E-state index in [1.165, 1.54) is 25.3 Å². The van der Waals surface area contributed by atoms with Crippen LogP contribution in [0.2, 0.25) is 0 Å². The number of nitrogens with one attached hydrogen (secondary N) is 1. The number of alkyl halides is 3. The maximum Gasteiger partial charge on any atom is 0.417 e. The highest BCUT2D eigenvalue weighted by Crippen LogP contribution is 2.36. The van der Waals surface area contributed by atoms with Crippen LogP contribution in [-0.2, 0) is 6.18 Å². The smallest absolute Gasteiger partial charge is 0.417 e. The average Bonchev–Trinajstić information content (AvgIpc) is 2.35. The van der Waals surface area contributed by atoms with E-state index in [-0.39, 0.29) is 22.8 Å². The van der Waals surface area contributed by atoms with Crippen LogP contribution in [0, 0.1) is 0 Å². The van der Waals surface area contributed by atoms with Gasteiger partial charge >= 0.3 is 6.18 Å². The first-order chi connectivity index (χ1) is 9.31. The number of rotatable bonds is 3. The largest absolute Gasteiger partial charge is 0.497 e. The minimum Gasteiger partial charge on any atom is -0.497 e. The van der Waals surface area contributed by atoms with Gasteiger partial charge in [0.25, 0.3) is 0 Å². The van der Waals surface area contributed by atoms with Crippen LogP contribution >= 0.6 is 0 Å². The van der Waals surface area contributed by atoms with Crippen LogP contribution in [0.3, 0.4) is 0 Å². The van der Waals surface area contributed by atoms with E-state index >= 15 is 0 Å². The van der Waals surface area contributed by atoms with Crippen LogP contribution in [0.4, 0.5) is 19.0 Å². The summed E-state index contributed by atoms with van der Waals surface area (Å²) in [7, 11) is 1.46. The molecule has 0 atom stereocenters. The predicted octanol–water partition coefficient (Wildman–Crippen LogP) is 4.08. The molecule has 2 rings (SSSR count). The van der Waals surface area contributed by atoms with Crippen LogP contribution in [-0.4, -0.2) is 18.1 Å². The SMILES string of the molecule is COc1ccc2c(C(F)(F)F)cc(NC(C)C)nc2c1. The Morgan fingerprint density at radius 2 is 1.90 bits per heavy atom. The molecule has 0 amide bonds. The molecule has 0 aliphatic carbocycles. The van der Waals surface area contributed by atoms with Crippen molar-refractivity contribution in [2.45, 2.75) is 26.1 Å². The van der Waals surface area contributed by atoms with Gasteiger partial charge in [0.05, 0.1) is 18.2 Å². The van der Waals surface area contributed by atoms with Crippen molar-refractivity contribution in [3.05, 3.63) is 29.8 Å². The van der Waals surface area contributed by atoms with E-state index in [4.69, 9.17) is 4.74 Å². The number of nitrogens with zero attached hydrogens (tertiary/aromatic N) is 1. The molecule has 1 heterocycles. The lowest BCUT2D eigenvalue weighted by atomic mass is 10.1. The number of fused-ring (bicyclic) bond motifs is 1. The van der Waals surface area contributed by atoms with Gasteiger partial charge in [0.1, 0.15) is 11.6 Å². The van der Waals surface area contributed by atoms with E-state index in [1.807, 2.05) is 13.8 Å². The zero-order valence-corrected chi connectivity index (χ0v) is 11.4. The fraction of sp³-hybridized carbons (Fsp3) is 0.357. The Kier molecular flexibility index (Phi) is 3.74. The monoisotopic (exact) mass is 284 g/mol. The summed E-state index contributed by atoms with van der Waals surface area (Å²) in [6, 6.07) is 5.40. The molecule has 6 heteroatoms. The maximum absolute atomic E-state index is 13.1. The molecule has 20 heavy (non-hydrogen) atoms. The number of hydrogen-bond donors (Lipinski definition) is 1. The van der Waals surface area contributed by atoms with E-state index in [0.717, 1.165) is 6.07 Å². The Bertz CT molecular complexity index is 624. The summed E-state index contributed by atoms with van der Waals surface area (Å²) in [6.45, 7) is 3.68. The molecule has 0 aliphatic heterocycles. The van der Waals surface area contributed by atoms with Gasteiger partial charge in [-0.05, 0) is 32.0 Å². The number of benzene rings is 1. The first kappa shape index (κ1) is 14.4. The molecule has 1 N–H and O–H groups in total. The van der Waals surface area contributed by atoms with Crippen LogP contribution in [0.25, 0.3) is 10.9 Å². The number of aromatic nitrogens is 1. The summed E-state index contributed by atoms with van der Waals surface area (Å²) in [5, 5.41) is 2.96. The standard InChI is InChI=1S/C14H15F3N2O/c1-8(2)18-13-7-11(14(15,16)17)10-5-4-9(20-3)6-12(10)19-13/h4-8H,1-3H3,(H,18,19). The third-order valence-electron chi connectivity index (χ3n) is 2.76. The first-order valence-electron chi connectivity index (χ1n) is 6.14. The number of hydrogen-bond acceptors (Lipinski definition) is 3.